The summed E-state index contributed by atoms with van der Waals surface area (Å²) < 4.78 is 24.8. The van der Waals surface area contributed by atoms with Crippen LogP contribution in [-0.2, 0) is 0 Å². The lowest BCUT2D eigenvalue weighted by atomic mass is 10.1. The number of carbonyl (C=O) groups is 1. The van der Waals surface area contributed by atoms with Crippen LogP contribution in [0.4, 0.5) is 14.5 Å². The molecule has 0 aliphatic heterocycles. The predicted molar refractivity (Wildman–Crippen MR) is 46.9 cm³/mol. The largest absolute Gasteiger partial charge is 0.397 e. The molecule has 1 aromatic rings. The number of nitrogens with two attached hydrogens (primary N) is 2. The third kappa shape index (κ3) is 1.78. The predicted octanol–water partition coefficient (Wildman–Crippen LogP) is 1.01. The molecule has 6 heteroatoms. The highest BCUT2D eigenvalue weighted by Gasteiger charge is 2.19. The van der Waals surface area contributed by atoms with E-state index < -0.39 is 18.0 Å². The van der Waals surface area contributed by atoms with Crippen LogP contribution in [0.25, 0.3) is 0 Å². The monoisotopic (exact) mass is 201 g/mol. The van der Waals surface area contributed by atoms with Crippen LogP contribution in [-0.4, -0.2) is 10.9 Å². The second kappa shape index (κ2) is 3.57. The van der Waals surface area contributed by atoms with E-state index in [9.17, 15) is 13.6 Å². The molecule has 1 heterocycles. The summed E-state index contributed by atoms with van der Waals surface area (Å²) in [6.07, 6.45) is -2.84. The molecule has 0 radical (unpaired) electrons. The minimum Gasteiger partial charge on any atom is -0.397 e. The van der Waals surface area contributed by atoms with Crippen LogP contribution in [0.1, 0.15) is 28.2 Å². The van der Waals surface area contributed by atoms with Gasteiger partial charge in [-0.05, 0) is 13.0 Å². The number of primary amides is 1. The zero-order valence-corrected chi connectivity index (χ0v) is 7.42. The van der Waals surface area contributed by atoms with Crippen molar-refractivity contribution in [1.29, 1.82) is 0 Å². The smallest absolute Gasteiger partial charge is 0.281 e. The number of nitrogens with zero attached hydrogens (tertiary/aromatic N) is 1. The van der Waals surface area contributed by atoms with E-state index in [0.717, 1.165) is 6.07 Å². The Bertz CT molecular complexity index is 379. The first-order valence-electron chi connectivity index (χ1n) is 3.78. The van der Waals surface area contributed by atoms with E-state index in [1.165, 1.54) is 6.92 Å². The van der Waals surface area contributed by atoms with Gasteiger partial charge < -0.3 is 11.5 Å². The summed E-state index contributed by atoms with van der Waals surface area (Å²) in [6, 6.07) is 1.12. The first-order valence-corrected chi connectivity index (χ1v) is 3.78. The van der Waals surface area contributed by atoms with Gasteiger partial charge in [-0.1, -0.05) is 0 Å². The van der Waals surface area contributed by atoms with Crippen LogP contribution in [0.3, 0.4) is 0 Å². The van der Waals surface area contributed by atoms with E-state index in [-0.39, 0.29) is 16.9 Å². The molecule has 0 spiro atoms. The van der Waals surface area contributed by atoms with Crippen LogP contribution in [0.2, 0.25) is 0 Å². The fraction of sp³-hybridized carbons (Fsp3) is 0.250. The fourth-order valence-electron chi connectivity index (χ4n) is 1.00. The van der Waals surface area contributed by atoms with Crippen molar-refractivity contribution in [3.8, 4) is 0 Å². The number of anilines is 1. The first kappa shape index (κ1) is 10.4. The standard InChI is InChI=1S/C8H9F2N3O/c1-3-5(11)2-4(8(12)14)6(13-3)7(9)10/h2,7H,11H2,1H3,(H2,12,14). The molecule has 1 amide bonds. The summed E-state index contributed by atoms with van der Waals surface area (Å²) in [7, 11) is 0. The lowest BCUT2D eigenvalue weighted by molar-refractivity contribution is 0.0983. The van der Waals surface area contributed by atoms with Gasteiger partial charge in [0.2, 0.25) is 0 Å². The second-order valence-corrected chi connectivity index (χ2v) is 2.76. The lowest BCUT2D eigenvalue weighted by Crippen LogP contribution is -2.16. The number of carbonyl (C=O) groups excluding carboxylic acids is 1. The highest BCUT2D eigenvalue weighted by atomic mass is 19.3. The highest BCUT2D eigenvalue weighted by molar-refractivity contribution is 5.94. The van der Waals surface area contributed by atoms with Crippen LogP contribution in [0.5, 0.6) is 0 Å². The average molecular weight is 201 g/mol. The summed E-state index contributed by atoms with van der Waals surface area (Å²) in [5.74, 6) is -0.959. The normalized spacial score (nSPS) is 10.6. The van der Waals surface area contributed by atoms with Gasteiger partial charge in [-0.3, -0.25) is 4.79 Å². The van der Waals surface area contributed by atoms with Crippen molar-refractivity contribution in [2.24, 2.45) is 5.73 Å². The van der Waals surface area contributed by atoms with Crippen molar-refractivity contribution in [3.63, 3.8) is 0 Å². The molecule has 0 unspecified atom stereocenters. The molecule has 1 aromatic heterocycles. The average Bonchev–Trinajstić information content (AvgIpc) is 2.08. The molecule has 0 atom stereocenters. The van der Waals surface area contributed by atoms with Gasteiger partial charge in [0.15, 0.2) is 0 Å². The van der Waals surface area contributed by atoms with E-state index in [1.807, 2.05) is 0 Å². The van der Waals surface area contributed by atoms with Gasteiger partial charge in [0.05, 0.1) is 16.9 Å². The van der Waals surface area contributed by atoms with Crippen molar-refractivity contribution in [2.45, 2.75) is 13.3 Å². The molecule has 4 nitrogen and oxygen atoms in total. The molecule has 14 heavy (non-hydrogen) atoms. The van der Waals surface area contributed by atoms with E-state index in [4.69, 9.17) is 11.5 Å². The molecule has 76 valence electrons. The van der Waals surface area contributed by atoms with Gasteiger partial charge >= 0.3 is 0 Å². The van der Waals surface area contributed by atoms with Crippen molar-refractivity contribution in [3.05, 3.63) is 23.0 Å². The Kier molecular flexibility index (Phi) is 2.64. The summed E-state index contributed by atoms with van der Waals surface area (Å²) in [6.45, 7) is 1.48. The number of hydrogen-bond acceptors (Lipinski definition) is 3. The molecule has 0 saturated carbocycles. The maximum atomic E-state index is 12.4. The molecule has 1 rings (SSSR count). The Labute approximate surface area is 78.9 Å². The van der Waals surface area contributed by atoms with Crippen molar-refractivity contribution >= 4 is 11.6 Å². The number of halogens is 2. The summed E-state index contributed by atoms with van der Waals surface area (Å²) in [5, 5.41) is 0. The van der Waals surface area contributed by atoms with Gasteiger partial charge in [0.25, 0.3) is 12.3 Å². The number of aromatic nitrogens is 1. The second-order valence-electron chi connectivity index (χ2n) is 2.76. The van der Waals surface area contributed by atoms with Gasteiger partial charge in [-0.2, -0.15) is 0 Å². The topological polar surface area (TPSA) is 82.0 Å². The lowest BCUT2D eigenvalue weighted by Gasteiger charge is -2.07. The number of aryl methyl sites for hydroxylation is 1. The Balaban J connectivity index is 3.39. The van der Waals surface area contributed by atoms with Crippen molar-refractivity contribution < 1.29 is 13.6 Å². The molecule has 0 aliphatic carbocycles. The molecular formula is C8H9F2N3O. The number of alkyl halides is 2. The maximum Gasteiger partial charge on any atom is 0.281 e. The zero-order chi connectivity index (χ0) is 10.9. The van der Waals surface area contributed by atoms with E-state index in [2.05, 4.69) is 4.98 Å². The van der Waals surface area contributed by atoms with E-state index >= 15 is 0 Å². The number of nitrogen functional groups attached to an aromatic ring is 1. The van der Waals surface area contributed by atoms with Crippen LogP contribution < -0.4 is 11.5 Å². The van der Waals surface area contributed by atoms with Crippen molar-refractivity contribution in [1.82, 2.24) is 4.98 Å². The van der Waals surface area contributed by atoms with E-state index in [1.54, 1.807) is 0 Å². The number of pyridine rings is 1. The Hall–Kier alpha value is -1.72. The van der Waals surface area contributed by atoms with Gasteiger partial charge in [-0.15, -0.1) is 0 Å². The molecule has 0 bridgehead atoms. The summed E-state index contributed by atoms with van der Waals surface area (Å²) in [4.78, 5) is 14.3. The minimum absolute atomic E-state index is 0.170. The fourth-order valence-corrected chi connectivity index (χ4v) is 1.00. The van der Waals surface area contributed by atoms with Gasteiger partial charge in [-0.25, -0.2) is 13.8 Å². The summed E-state index contributed by atoms with van der Waals surface area (Å²) >= 11 is 0. The molecule has 0 aliphatic rings. The summed E-state index contributed by atoms with van der Waals surface area (Å²) in [5.41, 5.74) is 9.79. The SMILES string of the molecule is Cc1nc(C(F)F)c(C(N)=O)cc1N. The Morgan fingerprint density at radius 2 is 2.14 bits per heavy atom. The third-order valence-electron chi connectivity index (χ3n) is 1.75. The Morgan fingerprint density at radius 1 is 1.57 bits per heavy atom. The number of hydrogen-bond donors (Lipinski definition) is 2. The minimum atomic E-state index is -2.84. The van der Waals surface area contributed by atoms with E-state index in [0.29, 0.717) is 0 Å². The third-order valence-corrected chi connectivity index (χ3v) is 1.75. The number of amides is 1. The molecular weight excluding hydrogens is 192 g/mol. The highest BCUT2D eigenvalue weighted by Crippen LogP contribution is 2.23. The van der Waals surface area contributed by atoms with Crippen molar-refractivity contribution in [2.75, 3.05) is 5.73 Å². The van der Waals surface area contributed by atoms with Crippen LogP contribution in [0.15, 0.2) is 6.07 Å². The Morgan fingerprint density at radius 3 is 2.57 bits per heavy atom. The first-order chi connectivity index (χ1) is 6.43. The molecule has 4 N–H and O–H groups in total. The van der Waals surface area contributed by atoms with Crippen LogP contribution in [0, 0.1) is 6.92 Å². The molecule has 0 aromatic carbocycles. The zero-order valence-electron chi connectivity index (χ0n) is 7.42. The quantitative estimate of drug-likeness (QED) is 0.749. The number of rotatable bonds is 2. The van der Waals surface area contributed by atoms with Crippen LogP contribution >= 0.6 is 0 Å². The van der Waals surface area contributed by atoms with Gasteiger partial charge in [0.1, 0.15) is 5.69 Å². The van der Waals surface area contributed by atoms with Gasteiger partial charge in [0, 0.05) is 0 Å². The molecule has 0 saturated heterocycles. The maximum absolute atomic E-state index is 12.4. The molecule has 0 fully saturated rings.